The number of terminal acetylenes is 1. The van der Waals surface area contributed by atoms with Crippen LogP contribution in [-0.2, 0) is 16.0 Å². The minimum absolute atomic E-state index is 0.0521. The summed E-state index contributed by atoms with van der Waals surface area (Å²) in [5, 5.41) is 12.4. The van der Waals surface area contributed by atoms with Gasteiger partial charge in [0, 0.05) is 18.0 Å². The largest absolute Gasteiger partial charge is 0.491 e. The number of nitrogens with zero attached hydrogens (tertiary/aromatic N) is 2. The van der Waals surface area contributed by atoms with Gasteiger partial charge in [-0.15, -0.1) is 17.8 Å². The summed E-state index contributed by atoms with van der Waals surface area (Å²) in [6, 6.07) is 8.14. The summed E-state index contributed by atoms with van der Waals surface area (Å²) in [7, 11) is 0. The fourth-order valence-electron chi connectivity index (χ4n) is 4.44. The first-order valence-electron chi connectivity index (χ1n) is 11.9. The molecule has 0 saturated carbocycles. The molecule has 0 saturated heterocycles. The molecule has 34 heavy (non-hydrogen) atoms. The Labute approximate surface area is 207 Å². The van der Waals surface area contributed by atoms with E-state index in [1.807, 2.05) is 28.9 Å². The molecule has 1 aliphatic heterocycles. The van der Waals surface area contributed by atoms with Crippen molar-refractivity contribution in [3.05, 3.63) is 51.2 Å². The number of thiophene rings is 1. The first-order valence-corrected chi connectivity index (χ1v) is 12.8. The van der Waals surface area contributed by atoms with Crippen LogP contribution in [0.2, 0.25) is 0 Å². The topological polar surface area (TPSA) is 62.2 Å². The maximum atomic E-state index is 13.5. The van der Waals surface area contributed by atoms with E-state index < -0.39 is 6.10 Å². The Hall–Kier alpha value is -2.37. The predicted molar refractivity (Wildman–Crippen MR) is 136 cm³/mol. The zero-order chi connectivity index (χ0) is 24.5. The fraction of sp³-hybridized carbons (Fsp3) is 0.519. The molecule has 184 valence electrons. The lowest BCUT2D eigenvalue weighted by Gasteiger charge is -2.37. The molecule has 1 aliphatic rings. The minimum atomic E-state index is -0.693. The first-order chi connectivity index (χ1) is 16.4. The van der Waals surface area contributed by atoms with E-state index in [-0.39, 0.29) is 31.7 Å². The van der Waals surface area contributed by atoms with Gasteiger partial charge in [-0.05, 0) is 61.9 Å². The quantitative estimate of drug-likeness (QED) is 0.369. The van der Waals surface area contributed by atoms with Gasteiger partial charge in [0.2, 0.25) is 5.91 Å². The Kier molecular flexibility index (Phi) is 9.97. The molecule has 1 N–H and O–H groups in total. The summed E-state index contributed by atoms with van der Waals surface area (Å²) in [4.78, 5) is 18.8. The van der Waals surface area contributed by atoms with Gasteiger partial charge in [-0.3, -0.25) is 9.69 Å². The van der Waals surface area contributed by atoms with Crippen LogP contribution in [0.5, 0.6) is 5.75 Å². The van der Waals surface area contributed by atoms with E-state index >= 15 is 0 Å². The summed E-state index contributed by atoms with van der Waals surface area (Å²) in [5.74, 6) is 3.30. The average Bonchev–Trinajstić information content (AvgIpc) is 3.28. The van der Waals surface area contributed by atoms with Crippen molar-refractivity contribution in [2.24, 2.45) is 0 Å². The maximum absolute atomic E-state index is 13.5. The molecule has 0 aliphatic carbocycles. The van der Waals surface area contributed by atoms with Crippen molar-refractivity contribution in [1.82, 2.24) is 9.80 Å². The number of aryl methyl sites for hydroxylation is 2. The van der Waals surface area contributed by atoms with Crippen LogP contribution in [-0.4, -0.2) is 72.9 Å². The fourth-order valence-corrected chi connectivity index (χ4v) is 5.37. The maximum Gasteiger partial charge on any atom is 0.237 e. The van der Waals surface area contributed by atoms with E-state index in [2.05, 4.69) is 37.3 Å². The lowest BCUT2D eigenvalue weighted by atomic mass is 10.00. The van der Waals surface area contributed by atoms with Crippen molar-refractivity contribution in [2.75, 3.05) is 46.0 Å². The van der Waals surface area contributed by atoms with Gasteiger partial charge < -0.3 is 19.5 Å². The number of hydrogen-bond donors (Lipinski definition) is 1. The molecular formula is C27H36N2O4S. The Morgan fingerprint density at radius 3 is 2.94 bits per heavy atom. The minimum Gasteiger partial charge on any atom is -0.491 e. The van der Waals surface area contributed by atoms with Gasteiger partial charge in [0.05, 0.1) is 25.3 Å². The number of aliphatic hydroxyl groups is 1. The van der Waals surface area contributed by atoms with E-state index in [9.17, 15) is 9.90 Å². The number of benzene rings is 1. The Morgan fingerprint density at radius 1 is 1.38 bits per heavy atom. The Bertz CT molecular complexity index is 983. The highest BCUT2D eigenvalue weighted by molar-refractivity contribution is 7.10. The second-order valence-electron chi connectivity index (χ2n) is 8.84. The van der Waals surface area contributed by atoms with Crippen molar-refractivity contribution < 1.29 is 19.4 Å². The summed E-state index contributed by atoms with van der Waals surface area (Å²) in [6.07, 6.45) is 6.25. The third kappa shape index (κ3) is 7.07. The molecule has 0 unspecified atom stereocenters. The summed E-state index contributed by atoms with van der Waals surface area (Å²) in [5.41, 5.74) is 3.47. The first kappa shape index (κ1) is 26.2. The second kappa shape index (κ2) is 12.9. The van der Waals surface area contributed by atoms with Gasteiger partial charge in [0.25, 0.3) is 0 Å². The molecule has 0 radical (unpaired) electrons. The summed E-state index contributed by atoms with van der Waals surface area (Å²) >= 11 is 1.74. The standard InChI is InChI=1S/C27H36N2O4S/c1-5-11-28(16-22(30)18-32-13-6-2)17-27(31)29-12-9-26-23(10-14-34-26)24(29)19-33-25-8-7-20(3)15-21(25)4/h2,7-8,10,14-15,22,24,30H,5,9,11-13,16-19H2,1,3-4H3/t22-,24-/m1/s1. The highest BCUT2D eigenvalue weighted by atomic mass is 32.1. The monoisotopic (exact) mass is 484 g/mol. The van der Waals surface area contributed by atoms with Gasteiger partial charge in [0.15, 0.2) is 0 Å². The highest BCUT2D eigenvalue weighted by Gasteiger charge is 2.33. The average molecular weight is 485 g/mol. The van der Waals surface area contributed by atoms with Crippen LogP contribution in [0, 0.1) is 26.2 Å². The third-order valence-corrected chi connectivity index (χ3v) is 7.00. The van der Waals surface area contributed by atoms with Crippen LogP contribution < -0.4 is 4.74 Å². The smallest absolute Gasteiger partial charge is 0.237 e. The van der Waals surface area contributed by atoms with Crippen molar-refractivity contribution in [3.63, 3.8) is 0 Å². The van der Waals surface area contributed by atoms with E-state index in [0.29, 0.717) is 19.7 Å². The van der Waals surface area contributed by atoms with E-state index in [1.165, 1.54) is 16.0 Å². The van der Waals surface area contributed by atoms with Crippen LogP contribution in [0.25, 0.3) is 0 Å². The van der Waals surface area contributed by atoms with Gasteiger partial charge in [-0.1, -0.05) is 30.5 Å². The summed E-state index contributed by atoms with van der Waals surface area (Å²) in [6.45, 7) is 8.92. The normalized spacial score (nSPS) is 16.2. The van der Waals surface area contributed by atoms with Gasteiger partial charge in [0.1, 0.15) is 19.0 Å². The zero-order valence-corrected chi connectivity index (χ0v) is 21.3. The number of carbonyl (C=O) groups excluding carboxylic acids is 1. The molecule has 0 spiro atoms. The molecule has 1 aromatic carbocycles. The number of rotatable bonds is 12. The second-order valence-corrected chi connectivity index (χ2v) is 9.84. The lowest BCUT2D eigenvalue weighted by molar-refractivity contribution is -0.136. The molecule has 7 heteroatoms. The summed E-state index contributed by atoms with van der Waals surface area (Å²) < 4.78 is 11.5. The molecule has 0 bridgehead atoms. The number of carbonyl (C=O) groups is 1. The molecule has 2 atom stereocenters. The number of hydrogen-bond acceptors (Lipinski definition) is 6. The van der Waals surface area contributed by atoms with E-state index in [4.69, 9.17) is 15.9 Å². The van der Waals surface area contributed by atoms with Crippen LogP contribution in [0.15, 0.2) is 29.6 Å². The molecule has 2 aromatic rings. The zero-order valence-electron chi connectivity index (χ0n) is 20.5. The molecule has 1 amide bonds. The number of ether oxygens (including phenoxy) is 2. The van der Waals surface area contributed by atoms with Crippen LogP contribution in [0.3, 0.4) is 0 Å². The van der Waals surface area contributed by atoms with E-state index in [1.54, 1.807) is 11.3 Å². The van der Waals surface area contributed by atoms with Crippen molar-refractivity contribution >= 4 is 17.2 Å². The molecule has 3 rings (SSSR count). The lowest BCUT2D eigenvalue weighted by Crippen LogP contribution is -2.48. The van der Waals surface area contributed by atoms with Crippen molar-refractivity contribution in [2.45, 2.75) is 45.8 Å². The third-order valence-electron chi connectivity index (χ3n) is 6.01. The molecule has 0 fully saturated rings. The van der Waals surface area contributed by atoms with Gasteiger partial charge >= 0.3 is 0 Å². The highest BCUT2D eigenvalue weighted by Crippen LogP contribution is 2.34. The number of aliphatic hydroxyl groups excluding tert-OH is 1. The molecule has 2 heterocycles. The van der Waals surface area contributed by atoms with E-state index in [0.717, 1.165) is 30.7 Å². The van der Waals surface area contributed by atoms with Crippen LogP contribution >= 0.6 is 11.3 Å². The Balaban J connectivity index is 1.69. The van der Waals surface area contributed by atoms with Crippen LogP contribution in [0.4, 0.5) is 0 Å². The van der Waals surface area contributed by atoms with Crippen molar-refractivity contribution in [1.29, 1.82) is 0 Å². The number of amides is 1. The van der Waals surface area contributed by atoms with Crippen LogP contribution in [0.1, 0.15) is 41.0 Å². The molecular weight excluding hydrogens is 448 g/mol. The van der Waals surface area contributed by atoms with Crippen molar-refractivity contribution in [3.8, 4) is 18.1 Å². The van der Waals surface area contributed by atoms with Gasteiger partial charge in [-0.25, -0.2) is 0 Å². The molecule has 6 nitrogen and oxygen atoms in total. The van der Waals surface area contributed by atoms with Gasteiger partial charge in [-0.2, -0.15) is 0 Å². The SMILES string of the molecule is C#CCOC[C@H](O)CN(CCC)CC(=O)N1CCc2sccc2[C@H]1COc1ccc(C)cc1C. The molecule has 1 aromatic heterocycles. The number of fused-ring (bicyclic) bond motifs is 1. The predicted octanol–water partition coefficient (Wildman–Crippen LogP) is 3.59. The Morgan fingerprint density at radius 2 is 2.21 bits per heavy atom.